The van der Waals surface area contributed by atoms with E-state index in [1.54, 1.807) is 12.3 Å². The van der Waals surface area contributed by atoms with Gasteiger partial charge in [0.15, 0.2) is 0 Å². The molecular formula is C25H24Cl2N4O4. The van der Waals surface area contributed by atoms with Gasteiger partial charge in [0, 0.05) is 36.2 Å². The first-order valence-corrected chi connectivity index (χ1v) is 11.6. The highest BCUT2D eigenvalue weighted by molar-refractivity contribution is 6.41. The number of aromatic nitrogens is 2. The lowest BCUT2D eigenvalue weighted by atomic mass is 10.0. The first-order valence-electron chi connectivity index (χ1n) is 10.9. The molecule has 0 spiro atoms. The van der Waals surface area contributed by atoms with Crippen LogP contribution in [0.1, 0.15) is 12.2 Å². The second-order valence-electron chi connectivity index (χ2n) is 8.26. The van der Waals surface area contributed by atoms with Gasteiger partial charge >= 0.3 is 0 Å². The number of hydrogen-bond donors (Lipinski definition) is 1. The number of fused-ring (bicyclic) bond motifs is 1. The van der Waals surface area contributed by atoms with Gasteiger partial charge in [-0.15, -0.1) is 0 Å². The molecule has 0 radical (unpaired) electrons. The molecule has 35 heavy (non-hydrogen) atoms. The lowest BCUT2D eigenvalue weighted by Crippen LogP contribution is -2.42. The lowest BCUT2D eigenvalue weighted by molar-refractivity contribution is -0.133. The summed E-state index contributed by atoms with van der Waals surface area (Å²) in [6.45, 7) is 3.90. The van der Waals surface area contributed by atoms with Crippen LogP contribution in [0.3, 0.4) is 0 Å². The number of ether oxygens (including phenoxy) is 2. The molecule has 182 valence electrons. The third-order valence-corrected chi connectivity index (χ3v) is 6.89. The molecule has 8 nitrogen and oxygen atoms in total. The molecule has 1 saturated heterocycles. The topological polar surface area (TPSA) is 108 Å². The Hall–Kier alpha value is -3.36. The van der Waals surface area contributed by atoms with Crippen LogP contribution in [0.2, 0.25) is 10.0 Å². The number of carbonyl (C=O) groups excluding carboxylic acids is 2. The van der Waals surface area contributed by atoms with Crippen molar-refractivity contribution in [1.82, 2.24) is 14.9 Å². The van der Waals surface area contributed by atoms with E-state index in [-0.39, 0.29) is 11.8 Å². The normalized spacial score (nSPS) is 17.4. The average Bonchev–Trinajstić information content (AvgIpc) is 3.28. The van der Waals surface area contributed by atoms with Crippen LogP contribution in [0, 0.1) is 5.92 Å². The van der Waals surface area contributed by atoms with Gasteiger partial charge in [0.25, 0.3) is 0 Å². The van der Waals surface area contributed by atoms with Crippen LogP contribution in [0.25, 0.3) is 22.0 Å². The zero-order valence-corrected chi connectivity index (χ0v) is 20.8. The van der Waals surface area contributed by atoms with E-state index in [2.05, 4.69) is 16.5 Å². The lowest BCUT2D eigenvalue weighted by Gasteiger charge is -2.20. The summed E-state index contributed by atoms with van der Waals surface area (Å²) >= 11 is 13.1. The predicted octanol–water partition coefficient (Wildman–Crippen LogP) is 4.05. The third kappa shape index (κ3) is 4.76. The fourth-order valence-corrected chi connectivity index (χ4v) is 5.14. The third-order valence-electron chi connectivity index (χ3n) is 6.14. The van der Waals surface area contributed by atoms with Crippen molar-refractivity contribution >= 4 is 45.9 Å². The first kappa shape index (κ1) is 24.8. The standard InChI is InChI=1S/C25H24Cl2N4O4/c1-4-21(32)31-12-13(7-17(31)25(28)33)8-20-29-11-15-9-14(5-6-16(15)30-20)22-23(26)18(34-2)10-19(35-3)24(22)27/h4-6,9-11,13,17H,1,7-8,12H2,2-3H3,(H2,28,33)/t13-,17+/m1/s1. The molecule has 1 aliphatic rings. The molecule has 2 aromatic carbocycles. The maximum absolute atomic E-state index is 12.1. The number of rotatable bonds is 7. The Balaban J connectivity index is 1.62. The quantitative estimate of drug-likeness (QED) is 0.476. The molecule has 2 atom stereocenters. The van der Waals surface area contributed by atoms with Crippen molar-refractivity contribution in [2.45, 2.75) is 18.9 Å². The Kier molecular flexibility index (Phi) is 7.14. The van der Waals surface area contributed by atoms with Gasteiger partial charge in [-0.2, -0.15) is 0 Å². The SMILES string of the molecule is C=CC(=O)N1C[C@@H](Cc2ncc3cc(-c4c(Cl)c(OC)cc(OC)c4Cl)ccc3n2)C[C@H]1C(N)=O. The van der Waals surface area contributed by atoms with Crippen molar-refractivity contribution in [3.8, 4) is 22.6 Å². The molecule has 0 saturated carbocycles. The molecular weight excluding hydrogens is 491 g/mol. The van der Waals surface area contributed by atoms with E-state index in [0.29, 0.717) is 52.3 Å². The van der Waals surface area contributed by atoms with Crippen molar-refractivity contribution in [3.05, 3.63) is 59.0 Å². The molecule has 1 aliphatic heterocycles. The van der Waals surface area contributed by atoms with Crippen LogP contribution in [-0.4, -0.2) is 53.5 Å². The molecule has 0 aliphatic carbocycles. The van der Waals surface area contributed by atoms with E-state index in [0.717, 1.165) is 16.5 Å². The minimum Gasteiger partial charge on any atom is -0.495 e. The highest BCUT2D eigenvalue weighted by atomic mass is 35.5. The highest BCUT2D eigenvalue weighted by Gasteiger charge is 2.37. The van der Waals surface area contributed by atoms with Gasteiger partial charge in [-0.25, -0.2) is 9.97 Å². The van der Waals surface area contributed by atoms with E-state index < -0.39 is 11.9 Å². The van der Waals surface area contributed by atoms with Gasteiger partial charge in [0.1, 0.15) is 23.4 Å². The predicted molar refractivity (Wildman–Crippen MR) is 135 cm³/mol. The van der Waals surface area contributed by atoms with E-state index >= 15 is 0 Å². The summed E-state index contributed by atoms with van der Waals surface area (Å²) in [5.41, 5.74) is 7.59. The molecule has 3 aromatic rings. The van der Waals surface area contributed by atoms with Gasteiger partial charge in [-0.1, -0.05) is 35.8 Å². The molecule has 1 aromatic heterocycles. The highest BCUT2D eigenvalue weighted by Crippen LogP contribution is 2.46. The van der Waals surface area contributed by atoms with E-state index in [9.17, 15) is 9.59 Å². The Labute approximate surface area is 212 Å². The Bertz CT molecular complexity index is 1300. The summed E-state index contributed by atoms with van der Waals surface area (Å²) in [5, 5.41) is 1.54. The van der Waals surface area contributed by atoms with Gasteiger partial charge in [-0.05, 0) is 36.1 Å². The zero-order chi connectivity index (χ0) is 25.3. The van der Waals surface area contributed by atoms with Crippen molar-refractivity contribution in [2.75, 3.05) is 20.8 Å². The molecule has 0 unspecified atom stereocenters. The summed E-state index contributed by atoms with van der Waals surface area (Å²) in [4.78, 5) is 34.6. The summed E-state index contributed by atoms with van der Waals surface area (Å²) in [5.74, 6) is 0.685. The fourth-order valence-electron chi connectivity index (χ4n) is 4.42. The van der Waals surface area contributed by atoms with Crippen LogP contribution in [0.5, 0.6) is 11.5 Å². The zero-order valence-electron chi connectivity index (χ0n) is 19.3. The van der Waals surface area contributed by atoms with Crippen molar-refractivity contribution in [3.63, 3.8) is 0 Å². The first-order chi connectivity index (χ1) is 16.8. The van der Waals surface area contributed by atoms with E-state index in [1.165, 1.54) is 25.2 Å². The number of carbonyl (C=O) groups is 2. The number of nitrogens with zero attached hydrogens (tertiary/aromatic N) is 3. The smallest absolute Gasteiger partial charge is 0.246 e. The second kappa shape index (κ2) is 10.1. The second-order valence-corrected chi connectivity index (χ2v) is 9.02. The number of benzene rings is 2. The molecule has 4 rings (SSSR count). The number of nitrogens with two attached hydrogens (primary N) is 1. The number of likely N-dealkylation sites (tertiary alicyclic amines) is 1. The number of amides is 2. The molecule has 2 heterocycles. The maximum atomic E-state index is 12.1. The van der Waals surface area contributed by atoms with Crippen LogP contribution < -0.4 is 15.2 Å². The molecule has 2 N–H and O–H groups in total. The minimum atomic E-state index is -0.650. The molecule has 2 amide bonds. The van der Waals surface area contributed by atoms with Crippen LogP contribution in [0.15, 0.2) is 43.1 Å². The van der Waals surface area contributed by atoms with Crippen LogP contribution >= 0.6 is 23.2 Å². The number of primary amides is 1. The maximum Gasteiger partial charge on any atom is 0.246 e. The van der Waals surface area contributed by atoms with Crippen LogP contribution in [0.4, 0.5) is 0 Å². The Morgan fingerprint density at radius 1 is 1.20 bits per heavy atom. The summed E-state index contributed by atoms with van der Waals surface area (Å²) < 4.78 is 10.7. The van der Waals surface area contributed by atoms with Crippen molar-refractivity contribution in [1.29, 1.82) is 0 Å². The minimum absolute atomic E-state index is 0.00925. The van der Waals surface area contributed by atoms with Crippen molar-refractivity contribution < 1.29 is 19.1 Å². The van der Waals surface area contributed by atoms with Gasteiger partial charge in [0.2, 0.25) is 11.8 Å². The number of halogens is 2. The molecule has 1 fully saturated rings. The Morgan fingerprint density at radius 2 is 1.89 bits per heavy atom. The van der Waals surface area contributed by atoms with Gasteiger partial charge in [0.05, 0.1) is 29.8 Å². The monoisotopic (exact) mass is 514 g/mol. The average molecular weight is 515 g/mol. The largest absolute Gasteiger partial charge is 0.495 e. The summed E-state index contributed by atoms with van der Waals surface area (Å²) in [6, 6.07) is 6.62. The van der Waals surface area contributed by atoms with Crippen molar-refractivity contribution in [2.24, 2.45) is 11.7 Å². The Morgan fingerprint density at radius 3 is 2.49 bits per heavy atom. The summed E-state index contributed by atoms with van der Waals surface area (Å²) in [7, 11) is 3.05. The van der Waals surface area contributed by atoms with Gasteiger partial charge in [-0.3, -0.25) is 9.59 Å². The van der Waals surface area contributed by atoms with Gasteiger partial charge < -0.3 is 20.1 Å². The van der Waals surface area contributed by atoms with Crippen LogP contribution in [-0.2, 0) is 16.0 Å². The fraction of sp³-hybridized carbons (Fsp3) is 0.280. The number of hydrogen-bond acceptors (Lipinski definition) is 6. The number of methoxy groups -OCH3 is 2. The van der Waals surface area contributed by atoms with E-state index in [4.69, 9.17) is 38.4 Å². The molecule has 10 heteroatoms. The summed E-state index contributed by atoms with van der Waals surface area (Å²) in [6.07, 6.45) is 3.89. The molecule has 0 bridgehead atoms. The van der Waals surface area contributed by atoms with E-state index in [1.807, 2.05) is 18.2 Å².